The maximum absolute atomic E-state index is 13.4. The molecule has 0 saturated heterocycles. The van der Waals surface area contributed by atoms with Gasteiger partial charge in [-0.1, -0.05) is 24.3 Å². The van der Waals surface area contributed by atoms with Crippen molar-refractivity contribution in [1.29, 1.82) is 0 Å². The summed E-state index contributed by atoms with van der Waals surface area (Å²) in [6.45, 7) is 1.29. The number of benzene rings is 2. The van der Waals surface area contributed by atoms with Crippen LogP contribution < -0.4 is 5.32 Å². The van der Waals surface area contributed by atoms with Crippen LogP contribution in [0.1, 0.15) is 29.9 Å². The molecule has 4 rings (SSSR count). The molecule has 1 N–H and O–H groups in total. The van der Waals surface area contributed by atoms with Crippen molar-refractivity contribution in [1.82, 2.24) is 0 Å². The first-order valence-corrected chi connectivity index (χ1v) is 7.33. The molecule has 2 aliphatic heterocycles. The molecular formula is C18H12FNNaO4. The fraction of sp³-hybridized carbons (Fsp3) is 0.111. The van der Waals surface area contributed by atoms with Crippen LogP contribution in [-0.4, -0.2) is 41.4 Å². The van der Waals surface area contributed by atoms with Crippen LogP contribution >= 0.6 is 0 Å². The van der Waals surface area contributed by atoms with Crippen molar-refractivity contribution < 1.29 is 23.5 Å². The molecule has 2 aliphatic rings. The molecule has 0 fully saturated rings. The summed E-state index contributed by atoms with van der Waals surface area (Å²) < 4.78 is 24.3. The normalized spacial score (nSPS) is 20.1. The summed E-state index contributed by atoms with van der Waals surface area (Å²) in [5.74, 6) is -0.992. The summed E-state index contributed by atoms with van der Waals surface area (Å²) in [4.78, 5) is 23.7. The molecule has 0 saturated carbocycles. The zero-order valence-electron chi connectivity index (χ0n) is 13.6. The average Bonchev–Trinajstić information content (AvgIpc) is 3.04. The first kappa shape index (κ1) is 17.7. The topological polar surface area (TPSA) is 64.6 Å². The Kier molecular flexibility index (Phi) is 4.69. The van der Waals surface area contributed by atoms with Crippen molar-refractivity contribution in [3.8, 4) is 0 Å². The fourth-order valence-corrected chi connectivity index (χ4v) is 2.95. The summed E-state index contributed by atoms with van der Waals surface area (Å²) in [6.07, 6.45) is -0.904. The van der Waals surface area contributed by atoms with Crippen LogP contribution in [-0.2, 0) is 19.1 Å². The van der Waals surface area contributed by atoms with E-state index in [1.54, 1.807) is 24.3 Å². The van der Waals surface area contributed by atoms with Gasteiger partial charge in [-0.3, -0.25) is 9.59 Å². The Hall–Kier alpha value is -2.15. The number of esters is 1. The summed E-state index contributed by atoms with van der Waals surface area (Å²) in [5.41, 5.74) is 2.57. The van der Waals surface area contributed by atoms with Gasteiger partial charge in [-0.05, 0) is 18.2 Å². The minimum absolute atomic E-state index is 0. The quantitative estimate of drug-likeness (QED) is 0.489. The van der Waals surface area contributed by atoms with Gasteiger partial charge in [0.05, 0.1) is 11.3 Å². The number of carbonyl (C=O) groups is 2. The second-order valence-electron chi connectivity index (χ2n) is 5.49. The molecule has 0 aromatic heterocycles. The molecule has 0 aliphatic carbocycles. The number of rotatable bonds is 1. The summed E-state index contributed by atoms with van der Waals surface area (Å²) in [7, 11) is 0. The third-order valence-corrected chi connectivity index (χ3v) is 3.91. The summed E-state index contributed by atoms with van der Waals surface area (Å²) in [6, 6.07) is 11.2. The molecule has 2 aromatic carbocycles. The summed E-state index contributed by atoms with van der Waals surface area (Å²) in [5, 5.41) is 2.63. The molecule has 5 nitrogen and oxygen atoms in total. The fourth-order valence-electron chi connectivity index (χ4n) is 2.95. The smallest absolute Gasteiger partial charge is 0.305 e. The molecule has 0 spiro atoms. The minimum Gasteiger partial charge on any atom is -0.449 e. The van der Waals surface area contributed by atoms with E-state index in [9.17, 15) is 14.0 Å². The number of anilines is 1. The van der Waals surface area contributed by atoms with Gasteiger partial charge in [0.25, 0.3) is 12.2 Å². The van der Waals surface area contributed by atoms with E-state index >= 15 is 0 Å². The first-order valence-electron chi connectivity index (χ1n) is 7.33. The SMILES string of the molecule is CC(=O)OC1O/C(=C2/C(=O)Nc3cc(F)ccc32)c2ccccc21.[Na]. The Morgan fingerprint density at radius 2 is 1.96 bits per heavy atom. The zero-order chi connectivity index (χ0) is 16.8. The van der Waals surface area contributed by atoms with Crippen LogP contribution in [0.15, 0.2) is 42.5 Å². The number of hydrogen-bond donors (Lipinski definition) is 1. The Bertz CT molecular complexity index is 925. The van der Waals surface area contributed by atoms with Gasteiger partial charge in [-0.15, -0.1) is 0 Å². The van der Waals surface area contributed by atoms with Gasteiger partial charge < -0.3 is 14.8 Å². The van der Waals surface area contributed by atoms with Crippen LogP contribution in [0.4, 0.5) is 10.1 Å². The van der Waals surface area contributed by atoms with E-state index in [2.05, 4.69) is 5.32 Å². The Morgan fingerprint density at radius 1 is 1.20 bits per heavy atom. The molecule has 25 heavy (non-hydrogen) atoms. The summed E-state index contributed by atoms with van der Waals surface area (Å²) >= 11 is 0. The van der Waals surface area contributed by atoms with E-state index < -0.39 is 18.1 Å². The van der Waals surface area contributed by atoms with E-state index in [0.29, 0.717) is 33.7 Å². The zero-order valence-corrected chi connectivity index (χ0v) is 15.6. The minimum atomic E-state index is -0.904. The van der Waals surface area contributed by atoms with Gasteiger partial charge in [-0.2, -0.15) is 0 Å². The van der Waals surface area contributed by atoms with Crippen LogP contribution in [0.3, 0.4) is 0 Å². The van der Waals surface area contributed by atoms with E-state index in [0.717, 1.165) is 0 Å². The van der Waals surface area contributed by atoms with Crippen molar-refractivity contribution in [3.63, 3.8) is 0 Å². The van der Waals surface area contributed by atoms with E-state index in [4.69, 9.17) is 9.47 Å². The number of hydrogen-bond acceptors (Lipinski definition) is 4. The number of fused-ring (bicyclic) bond motifs is 2. The molecule has 1 radical (unpaired) electrons. The van der Waals surface area contributed by atoms with Gasteiger partial charge >= 0.3 is 5.97 Å². The monoisotopic (exact) mass is 348 g/mol. The van der Waals surface area contributed by atoms with Gasteiger partial charge in [0.1, 0.15) is 11.6 Å². The number of amides is 1. The molecule has 1 unspecified atom stereocenters. The van der Waals surface area contributed by atoms with Crippen LogP contribution in [0, 0.1) is 5.82 Å². The van der Waals surface area contributed by atoms with Crippen molar-refractivity contribution >= 4 is 58.5 Å². The molecule has 2 heterocycles. The predicted molar refractivity (Wildman–Crippen MR) is 89.6 cm³/mol. The van der Waals surface area contributed by atoms with Gasteiger partial charge in [0, 0.05) is 53.2 Å². The van der Waals surface area contributed by atoms with Crippen molar-refractivity contribution in [3.05, 3.63) is 65.0 Å². The predicted octanol–water partition coefficient (Wildman–Crippen LogP) is 2.86. The average molecular weight is 348 g/mol. The Morgan fingerprint density at radius 3 is 2.72 bits per heavy atom. The second-order valence-corrected chi connectivity index (χ2v) is 5.49. The van der Waals surface area contributed by atoms with Gasteiger partial charge in [0.2, 0.25) is 0 Å². The number of ether oxygens (including phenoxy) is 2. The van der Waals surface area contributed by atoms with E-state index in [1.165, 1.54) is 25.1 Å². The number of carbonyl (C=O) groups excluding carboxylic acids is 2. The number of halogens is 1. The van der Waals surface area contributed by atoms with Crippen LogP contribution in [0.2, 0.25) is 0 Å². The molecular weight excluding hydrogens is 336 g/mol. The van der Waals surface area contributed by atoms with E-state index in [-0.39, 0.29) is 35.5 Å². The van der Waals surface area contributed by atoms with Crippen molar-refractivity contribution in [2.45, 2.75) is 13.2 Å². The van der Waals surface area contributed by atoms with Crippen LogP contribution in [0.5, 0.6) is 0 Å². The molecule has 0 bridgehead atoms. The third-order valence-electron chi connectivity index (χ3n) is 3.91. The number of nitrogens with one attached hydrogen (secondary N) is 1. The maximum Gasteiger partial charge on any atom is 0.305 e. The molecule has 2 aromatic rings. The van der Waals surface area contributed by atoms with Crippen molar-refractivity contribution in [2.24, 2.45) is 0 Å². The van der Waals surface area contributed by atoms with Crippen molar-refractivity contribution in [2.75, 3.05) is 5.32 Å². The Labute approximate surface area is 165 Å². The molecule has 1 amide bonds. The molecule has 121 valence electrons. The largest absolute Gasteiger partial charge is 0.449 e. The van der Waals surface area contributed by atoms with Gasteiger partial charge in [-0.25, -0.2) is 4.39 Å². The molecule has 7 heteroatoms. The maximum atomic E-state index is 13.4. The molecule has 1 atom stereocenters. The van der Waals surface area contributed by atoms with E-state index in [1.807, 2.05) is 0 Å². The third kappa shape index (κ3) is 2.97. The Balaban J connectivity index is 0.00000182. The second kappa shape index (κ2) is 6.63. The van der Waals surface area contributed by atoms with Crippen LogP contribution in [0.25, 0.3) is 11.3 Å². The van der Waals surface area contributed by atoms with Gasteiger partial charge in [0.15, 0.2) is 0 Å². The standard InChI is InChI=1S/C18H12FNO4.Na/c1-9(21)23-18-12-5-3-2-4-11(12)16(24-18)15-13-7-6-10(19)8-14(13)20-17(15)22;/h2-8,18H,1H3,(H,20,22);/b16-15+;. The first-order chi connectivity index (χ1) is 11.5.